The minimum Gasteiger partial charge on any atom is -0.326 e. The summed E-state index contributed by atoms with van der Waals surface area (Å²) in [6.07, 6.45) is 4.07. The van der Waals surface area contributed by atoms with Crippen molar-refractivity contribution in [2.45, 2.75) is 67.6 Å². The quantitative estimate of drug-likeness (QED) is 0.409. The van der Waals surface area contributed by atoms with Crippen molar-refractivity contribution in [2.75, 3.05) is 46.8 Å². The van der Waals surface area contributed by atoms with Gasteiger partial charge in [-0.3, -0.25) is 4.48 Å². The first-order valence-electron chi connectivity index (χ1n) is 10.6. The highest BCUT2D eigenvalue weighted by atomic mass is 32.3. The summed E-state index contributed by atoms with van der Waals surface area (Å²) in [6, 6.07) is 0. The molecule has 1 unspecified atom stereocenters. The van der Waals surface area contributed by atoms with Crippen LogP contribution in [0.3, 0.4) is 0 Å². The van der Waals surface area contributed by atoms with Crippen LogP contribution in [0.25, 0.3) is 0 Å². The molecule has 6 nitrogen and oxygen atoms in total. The third kappa shape index (κ3) is 4.92. The van der Waals surface area contributed by atoms with Crippen LogP contribution in [0.4, 0.5) is 26.3 Å². The average Bonchev–Trinajstić information content (AvgIpc) is 3.00. The van der Waals surface area contributed by atoms with E-state index in [9.17, 15) is 43.2 Å². The second-order valence-electron chi connectivity index (χ2n) is 9.00. The third-order valence-corrected chi connectivity index (χ3v) is 12.3. The number of piperidine rings is 1. The molecular weight excluding hydrogens is 486 g/mol. The van der Waals surface area contributed by atoms with Crippen LogP contribution < -0.4 is 0 Å². The Labute approximate surface area is 186 Å². The summed E-state index contributed by atoms with van der Waals surface area (Å²) in [5.41, 5.74) is -12.2. The van der Waals surface area contributed by atoms with Crippen LogP contribution in [0, 0.1) is 0 Å². The Morgan fingerprint density at radius 2 is 1.19 bits per heavy atom. The SMILES string of the molecule is CCC[N+]1(C)CCCCC1.CC[N+]1(C)CCCC1(S(=O)(=O)C(F)(F)F)S(=O)(=O)C(F)(F)F. The zero-order valence-electron chi connectivity index (χ0n) is 18.9. The highest BCUT2D eigenvalue weighted by Gasteiger charge is 2.81. The second-order valence-corrected chi connectivity index (χ2v) is 13.6. The number of halogens is 6. The van der Waals surface area contributed by atoms with Crippen LogP contribution >= 0.6 is 0 Å². The summed E-state index contributed by atoms with van der Waals surface area (Å²) in [7, 11) is -10.1. The predicted octanol–water partition coefficient (Wildman–Crippen LogP) is 3.80. The zero-order chi connectivity index (χ0) is 25.3. The van der Waals surface area contributed by atoms with Gasteiger partial charge in [-0.05, 0) is 32.6 Å². The molecule has 2 aliphatic rings. The predicted molar refractivity (Wildman–Crippen MR) is 108 cm³/mol. The minimum absolute atomic E-state index is 0.394. The second kappa shape index (κ2) is 9.57. The number of hydrogen-bond donors (Lipinski definition) is 0. The van der Waals surface area contributed by atoms with Crippen molar-refractivity contribution in [3.05, 3.63) is 0 Å². The average molecular weight is 521 g/mol. The van der Waals surface area contributed by atoms with Crippen LogP contribution in [0.2, 0.25) is 0 Å². The zero-order valence-corrected chi connectivity index (χ0v) is 20.5. The molecular formula is C18H34F6N2O4S2+2. The molecule has 2 aliphatic heterocycles. The molecule has 0 aromatic rings. The molecule has 2 fully saturated rings. The van der Waals surface area contributed by atoms with Crippen molar-refractivity contribution in [3.8, 4) is 0 Å². The van der Waals surface area contributed by atoms with Gasteiger partial charge in [0.05, 0.1) is 46.8 Å². The molecule has 2 saturated heterocycles. The van der Waals surface area contributed by atoms with E-state index in [4.69, 9.17) is 0 Å². The van der Waals surface area contributed by atoms with Gasteiger partial charge in [0.25, 0.3) is 0 Å². The lowest BCUT2D eigenvalue weighted by Crippen LogP contribution is -2.70. The Balaban J connectivity index is 0.000000425. The van der Waals surface area contributed by atoms with E-state index in [0.29, 0.717) is 0 Å². The highest BCUT2D eigenvalue weighted by Crippen LogP contribution is 2.53. The molecule has 0 radical (unpaired) electrons. The maximum atomic E-state index is 12.9. The molecule has 0 aromatic carbocycles. The van der Waals surface area contributed by atoms with E-state index >= 15 is 0 Å². The van der Waals surface area contributed by atoms with Gasteiger partial charge in [0.1, 0.15) is 0 Å². The molecule has 14 heteroatoms. The van der Waals surface area contributed by atoms with E-state index < -0.39 is 65.3 Å². The lowest BCUT2D eigenvalue weighted by Gasteiger charge is -2.43. The summed E-state index contributed by atoms with van der Waals surface area (Å²) in [5, 5.41) is 0. The molecule has 0 aliphatic carbocycles. The van der Waals surface area contributed by atoms with Crippen molar-refractivity contribution in [1.82, 2.24) is 0 Å². The van der Waals surface area contributed by atoms with Gasteiger partial charge in [-0.1, -0.05) is 6.92 Å². The van der Waals surface area contributed by atoms with Gasteiger partial charge in [0, 0.05) is 12.8 Å². The fourth-order valence-electron chi connectivity index (χ4n) is 4.88. The lowest BCUT2D eigenvalue weighted by atomic mass is 10.1. The molecule has 192 valence electrons. The summed E-state index contributed by atoms with van der Waals surface area (Å²) >= 11 is 0. The van der Waals surface area contributed by atoms with E-state index in [-0.39, 0.29) is 0 Å². The number of rotatable bonds is 5. The topological polar surface area (TPSA) is 68.3 Å². The van der Waals surface area contributed by atoms with E-state index in [1.165, 1.54) is 49.8 Å². The van der Waals surface area contributed by atoms with Gasteiger partial charge < -0.3 is 4.48 Å². The van der Waals surface area contributed by atoms with Crippen LogP contribution in [0.15, 0.2) is 0 Å². The van der Waals surface area contributed by atoms with Crippen molar-refractivity contribution < 1.29 is 52.1 Å². The van der Waals surface area contributed by atoms with Crippen molar-refractivity contribution in [1.29, 1.82) is 0 Å². The van der Waals surface area contributed by atoms with E-state index in [1.807, 2.05) is 0 Å². The highest BCUT2D eigenvalue weighted by molar-refractivity contribution is 8.10. The Bertz CT molecular complexity index is 800. The van der Waals surface area contributed by atoms with Gasteiger partial charge in [-0.2, -0.15) is 26.3 Å². The normalized spacial score (nSPS) is 26.3. The van der Waals surface area contributed by atoms with Gasteiger partial charge >= 0.3 is 34.9 Å². The van der Waals surface area contributed by atoms with E-state index in [0.717, 1.165) is 14.0 Å². The van der Waals surface area contributed by atoms with Crippen LogP contribution in [0.1, 0.15) is 52.4 Å². The molecule has 0 bridgehead atoms. The Morgan fingerprint density at radius 1 is 0.750 bits per heavy atom. The summed E-state index contributed by atoms with van der Waals surface area (Å²) in [6.45, 7) is 6.71. The molecule has 2 rings (SSSR count). The maximum absolute atomic E-state index is 12.9. The van der Waals surface area contributed by atoms with Crippen LogP contribution in [0.5, 0.6) is 0 Å². The van der Waals surface area contributed by atoms with Gasteiger partial charge in [0.15, 0.2) is 0 Å². The first-order chi connectivity index (χ1) is 14.3. The molecule has 0 aromatic heterocycles. The van der Waals surface area contributed by atoms with Crippen LogP contribution in [-0.4, -0.2) is 87.8 Å². The van der Waals surface area contributed by atoms with Gasteiger partial charge in [-0.15, -0.1) is 0 Å². The summed E-state index contributed by atoms with van der Waals surface area (Å²) in [5.74, 6) is 0. The number of hydrogen-bond acceptors (Lipinski definition) is 4. The van der Waals surface area contributed by atoms with Crippen molar-refractivity contribution >= 4 is 19.7 Å². The molecule has 32 heavy (non-hydrogen) atoms. The number of sulfone groups is 2. The van der Waals surface area contributed by atoms with Gasteiger partial charge in [-0.25, -0.2) is 16.8 Å². The summed E-state index contributed by atoms with van der Waals surface area (Å²) in [4.78, 5) is 0. The summed E-state index contributed by atoms with van der Waals surface area (Å²) < 4.78 is 121. The Kier molecular flexibility index (Phi) is 8.80. The van der Waals surface area contributed by atoms with E-state index in [1.54, 1.807) is 0 Å². The minimum atomic E-state index is -6.63. The van der Waals surface area contributed by atoms with Crippen molar-refractivity contribution in [2.24, 2.45) is 0 Å². The smallest absolute Gasteiger partial charge is 0.326 e. The first kappa shape index (κ1) is 29.4. The van der Waals surface area contributed by atoms with Crippen LogP contribution in [-0.2, 0) is 19.7 Å². The monoisotopic (exact) mass is 520 g/mol. The lowest BCUT2D eigenvalue weighted by molar-refractivity contribution is -0.916. The van der Waals surface area contributed by atoms with Crippen molar-refractivity contribution in [3.63, 3.8) is 0 Å². The number of alkyl halides is 6. The number of nitrogens with zero attached hydrogens (tertiary/aromatic N) is 2. The standard InChI is InChI=1S/C9H14F6NO4S2.C9H20N/c1-3-16(2)6-4-5-7(16,21(17,18)8(10,11)12)22(19,20)9(13,14)15;1-3-7-10(2)8-5-4-6-9-10/h3-6H2,1-2H3;3-9H2,1-2H3/q2*+1. The fraction of sp³-hybridized carbons (Fsp3) is 1.00. The Morgan fingerprint density at radius 3 is 1.53 bits per heavy atom. The van der Waals surface area contributed by atoms with E-state index in [2.05, 4.69) is 14.0 Å². The molecule has 2 heterocycles. The molecule has 0 saturated carbocycles. The maximum Gasteiger partial charge on any atom is 0.504 e. The van der Waals surface area contributed by atoms with Gasteiger partial charge in [0.2, 0.25) is 0 Å². The number of quaternary nitrogens is 2. The molecule has 1 atom stereocenters. The number of likely N-dealkylation sites (tertiary alicyclic amines) is 2. The fourth-order valence-corrected chi connectivity index (χ4v) is 9.76. The molecule has 0 spiro atoms. The largest absolute Gasteiger partial charge is 0.504 e. The third-order valence-electron chi connectivity index (χ3n) is 6.77. The first-order valence-corrected chi connectivity index (χ1v) is 13.6. The Hall–Kier alpha value is -0.600. The molecule has 0 N–H and O–H groups in total. The molecule has 0 amide bonds.